The molecule has 2 heteroatoms. The van der Waals surface area contributed by atoms with Gasteiger partial charge in [-0.15, -0.1) is 6.42 Å². The van der Waals surface area contributed by atoms with Crippen LogP contribution in [0.25, 0.3) is 0 Å². The molecule has 0 saturated heterocycles. The lowest BCUT2D eigenvalue weighted by Gasteiger charge is -2.63. The van der Waals surface area contributed by atoms with Gasteiger partial charge in [-0.25, -0.2) is 0 Å². The molecule has 2 N–H and O–H groups in total. The fourth-order valence-electron chi connectivity index (χ4n) is 6.68. The van der Waals surface area contributed by atoms with Crippen molar-refractivity contribution in [1.29, 1.82) is 0 Å². The number of fused-ring (bicyclic) bond motifs is 5. The van der Waals surface area contributed by atoms with E-state index in [1.54, 1.807) is 0 Å². The van der Waals surface area contributed by atoms with Crippen LogP contribution in [0.5, 0.6) is 5.75 Å². The Morgan fingerprint density at radius 3 is 2.54 bits per heavy atom. The minimum atomic E-state index is -0.961. The van der Waals surface area contributed by atoms with Crippen molar-refractivity contribution in [2.75, 3.05) is 0 Å². The molecule has 1 aromatic rings. The average Bonchev–Trinajstić information content (AvgIpc) is 2.83. The Labute approximate surface area is 145 Å². The molecule has 4 rings (SSSR count). The Bertz CT molecular complexity index is 747. The van der Waals surface area contributed by atoms with Crippen molar-refractivity contribution in [3.8, 4) is 18.1 Å². The lowest BCUT2D eigenvalue weighted by molar-refractivity contribution is -0.122. The highest BCUT2D eigenvalue weighted by Crippen LogP contribution is 2.71. The van der Waals surface area contributed by atoms with Crippen molar-refractivity contribution in [2.24, 2.45) is 16.7 Å². The van der Waals surface area contributed by atoms with Crippen LogP contribution in [-0.2, 0) is 11.8 Å². The van der Waals surface area contributed by atoms with Crippen LogP contribution in [0, 0.1) is 29.1 Å². The Morgan fingerprint density at radius 2 is 1.83 bits per heavy atom. The average molecular weight is 324 g/mol. The van der Waals surface area contributed by atoms with E-state index in [4.69, 9.17) is 6.42 Å². The van der Waals surface area contributed by atoms with Gasteiger partial charge in [0.2, 0.25) is 0 Å². The van der Waals surface area contributed by atoms with Crippen molar-refractivity contribution in [3.05, 3.63) is 29.3 Å². The van der Waals surface area contributed by atoms with E-state index in [2.05, 4.69) is 32.8 Å². The van der Waals surface area contributed by atoms with Crippen molar-refractivity contribution < 1.29 is 10.2 Å². The predicted octanol–water partition coefficient (Wildman–Crippen LogP) is 4.18. The van der Waals surface area contributed by atoms with Crippen molar-refractivity contribution in [2.45, 2.75) is 70.3 Å². The largest absolute Gasteiger partial charge is 0.508 e. The van der Waals surface area contributed by atoms with Gasteiger partial charge in [0.05, 0.1) is 0 Å². The lowest BCUT2D eigenvalue weighted by Crippen LogP contribution is -2.60. The van der Waals surface area contributed by atoms with Gasteiger partial charge in [-0.3, -0.25) is 0 Å². The first-order valence-electron chi connectivity index (χ1n) is 9.23. The fraction of sp³-hybridized carbons (Fsp3) is 0.636. The summed E-state index contributed by atoms with van der Waals surface area (Å²) in [5, 5.41) is 21.0. The zero-order valence-electron chi connectivity index (χ0n) is 15.0. The van der Waals surface area contributed by atoms with Gasteiger partial charge in [0.15, 0.2) is 0 Å². The highest BCUT2D eigenvalue weighted by molar-refractivity contribution is 5.45. The monoisotopic (exact) mass is 324 g/mol. The molecule has 3 aliphatic rings. The minimum Gasteiger partial charge on any atom is -0.508 e. The molecule has 0 heterocycles. The number of terminal acetylenes is 1. The molecule has 3 aliphatic carbocycles. The molecule has 1 aromatic carbocycles. The lowest BCUT2D eigenvalue weighted by atomic mass is 9.41. The summed E-state index contributed by atoms with van der Waals surface area (Å²) in [7, 11) is 0. The third kappa shape index (κ3) is 1.62. The topological polar surface area (TPSA) is 40.5 Å². The number of hydrogen-bond donors (Lipinski definition) is 2. The van der Waals surface area contributed by atoms with Crippen LogP contribution in [0.4, 0.5) is 0 Å². The zero-order valence-corrected chi connectivity index (χ0v) is 15.0. The second-order valence-corrected chi connectivity index (χ2v) is 9.10. The highest BCUT2D eigenvalue weighted by atomic mass is 16.3. The Morgan fingerprint density at radius 1 is 1.08 bits per heavy atom. The van der Waals surface area contributed by atoms with Gasteiger partial charge in [-0.2, -0.15) is 0 Å². The third-order valence-corrected chi connectivity index (χ3v) is 8.52. The van der Waals surface area contributed by atoms with Gasteiger partial charge < -0.3 is 10.2 Å². The molecule has 5 atom stereocenters. The molecule has 2 fully saturated rings. The molecule has 2 nitrogen and oxygen atoms in total. The Balaban J connectivity index is 1.86. The van der Waals surface area contributed by atoms with Crippen molar-refractivity contribution in [1.82, 2.24) is 0 Å². The Hall–Kier alpha value is -1.46. The molecule has 0 aliphatic heterocycles. The molecule has 0 aromatic heterocycles. The predicted molar refractivity (Wildman–Crippen MR) is 95.7 cm³/mol. The molecule has 0 amide bonds. The normalized spacial score (nSPS) is 46.5. The number of aromatic hydroxyl groups is 1. The number of aliphatic hydroxyl groups is 1. The van der Waals surface area contributed by atoms with Crippen LogP contribution < -0.4 is 0 Å². The van der Waals surface area contributed by atoms with Crippen LogP contribution in [-0.4, -0.2) is 15.8 Å². The maximum Gasteiger partial charge on any atom is 0.130 e. The number of hydrogen-bond acceptors (Lipinski definition) is 2. The van der Waals surface area contributed by atoms with Crippen LogP contribution in [0.3, 0.4) is 0 Å². The van der Waals surface area contributed by atoms with Crippen LogP contribution in [0.15, 0.2) is 18.2 Å². The number of benzene rings is 1. The summed E-state index contributed by atoms with van der Waals surface area (Å²) < 4.78 is 0. The molecule has 0 radical (unpaired) electrons. The van der Waals surface area contributed by atoms with Crippen molar-refractivity contribution in [3.63, 3.8) is 0 Å². The van der Waals surface area contributed by atoms with Gasteiger partial charge in [0.25, 0.3) is 0 Å². The number of phenols is 1. The first-order valence-corrected chi connectivity index (χ1v) is 9.23. The molecular formula is C22H28O2. The SMILES string of the molecule is C#CC1(O)CCC2C1(C)CCC1(C)c3ccc(O)cc3CCC21C. The molecular weight excluding hydrogens is 296 g/mol. The minimum absolute atomic E-state index is 0.0817. The van der Waals surface area contributed by atoms with Gasteiger partial charge >= 0.3 is 0 Å². The molecule has 5 unspecified atom stereocenters. The summed E-state index contributed by atoms with van der Waals surface area (Å²) in [4.78, 5) is 0. The van der Waals surface area contributed by atoms with E-state index in [0.717, 1.165) is 38.5 Å². The van der Waals surface area contributed by atoms with E-state index >= 15 is 0 Å². The highest BCUT2D eigenvalue weighted by Gasteiger charge is 2.68. The quantitative estimate of drug-likeness (QED) is 0.703. The standard InChI is InChI=1S/C22H28O2/c1-5-22(24)11-9-18-20(3)10-8-15-14-16(23)6-7-17(15)19(20,2)12-13-21(18,22)4/h1,6-7,14,18,23-24H,8-13H2,2-4H3. The maximum atomic E-state index is 11.1. The molecule has 0 bridgehead atoms. The summed E-state index contributed by atoms with van der Waals surface area (Å²) in [6.07, 6.45) is 11.6. The fourth-order valence-corrected chi connectivity index (χ4v) is 6.68. The van der Waals surface area contributed by atoms with Gasteiger partial charge in [-0.1, -0.05) is 32.8 Å². The number of rotatable bonds is 0. The molecule has 128 valence electrons. The number of phenolic OH excluding ortho intramolecular Hbond substituents is 1. The van der Waals surface area contributed by atoms with E-state index in [9.17, 15) is 10.2 Å². The summed E-state index contributed by atoms with van der Waals surface area (Å²) in [6, 6.07) is 5.91. The first-order chi connectivity index (χ1) is 11.2. The maximum absolute atomic E-state index is 11.1. The van der Waals surface area contributed by atoms with E-state index in [1.165, 1.54) is 11.1 Å². The van der Waals surface area contributed by atoms with E-state index in [1.807, 2.05) is 12.1 Å². The number of aryl methyl sites for hydroxylation is 1. The summed E-state index contributed by atoms with van der Waals surface area (Å²) in [5.41, 5.74) is 1.75. The molecule has 24 heavy (non-hydrogen) atoms. The van der Waals surface area contributed by atoms with Crippen LogP contribution in [0.1, 0.15) is 64.0 Å². The third-order valence-electron chi connectivity index (χ3n) is 8.52. The molecule has 2 saturated carbocycles. The second-order valence-electron chi connectivity index (χ2n) is 9.10. The van der Waals surface area contributed by atoms with E-state index in [0.29, 0.717) is 11.7 Å². The van der Waals surface area contributed by atoms with Gasteiger partial charge in [0.1, 0.15) is 11.4 Å². The van der Waals surface area contributed by atoms with E-state index < -0.39 is 5.60 Å². The van der Waals surface area contributed by atoms with Crippen LogP contribution in [0.2, 0.25) is 0 Å². The zero-order chi connectivity index (χ0) is 17.4. The van der Waals surface area contributed by atoms with Gasteiger partial charge in [0, 0.05) is 5.41 Å². The van der Waals surface area contributed by atoms with E-state index in [-0.39, 0.29) is 16.2 Å². The molecule has 0 spiro atoms. The summed E-state index contributed by atoms with van der Waals surface area (Å²) in [5.74, 6) is 3.56. The smallest absolute Gasteiger partial charge is 0.130 e. The van der Waals surface area contributed by atoms with Crippen molar-refractivity contribution >= 4 is 0 Å². The van der Waals surface area contributed by atoms with Crippen LogP contribution >= 0.6 is 0 Å². The Kier molecular flexibility index (Phi) is 3.06. The second kappa shape index (κ2) is 4.58. The summed E-state index contributed by atoms with van der Waals surface area (Å²) >= 11 is 0. The van der Waals surface area contributed by atoms with Gasteiger partial charge in [-0.05, 0) is 78.5 Å². The first kappa shape index (κ1) is 16.0. The summed E-state index contributed by atoms with van der Waals surface area (Å²) in [6.45, 7) is 7.05.